The van der Waals surface area contributed by atoms with Gasteiger partial charge in [-0.2, -0.15) is 0 Å². The van der Waals surface area contributed by atoms with Gasteiger partial charge in [0.25, 0.3) is 0 Å². The zero-order chi connectivity index (χ0) is 13.9. The molecular weight excluding hydrogens is 244 g/mol. The van der Waals surface area contributed by atoms with Crippen molar-refractivity contribution in [2.24, 2.45) is 5.92 Å². The van der Waals surface area contributed by atoms with E-state index in [0.29, 0.717) is 0 Å². The van der Waals surface area contributed by atoms with Crippen LogP contribution in [0, 0.1) is 17.6 Å². The first kappa shape index (κ1) is 14.4. The van der Waals surface area contributed by atoms with E-state index in [9.17, 15) is 13.6 Å². The summed E-state index contributed by atoms with van der Waals surface area (Å²) in [5, 5.41) is 11.6. The zero-order valence-electron chi connectivity index (χ0n) is 10.3. The molecule has 6 heteroatoms. The van der Waals surface area contributed by atoms with Gasteiger partial charge in [0, 0.05) is 17.7 Å². The van der Waals surface area contributed by atoms with E-state index in [0.717, 1.165) is 12.1 Å². The lowest BCUT2D eigenvalue weighted by atomic mass is 9.94. The highest BCUT2D eigenvalue weighted by atomic mass is 19.1. The molecule has 0 spiro atoms. The van der Waals surface area contributed by atoms with Crippen LogP contribution in [0.4, 0.5) is 8.78 Å². The maximum atomic E-state index is 13.8. The summed E-state index contributed by atoms with van der Waals surface area (Å²) in [7, 11) is 2.72. The highest BCUT2D eigenvalue weighted by Crippen LogP contribution is 2.29. The minimum atomic E-state index is -1.09. The molecule has 18 heavy (non-hydrogen) atoms. The van der Waals surface area contributed by atoms with Gasteiger partial charge in [0.15, 0.2) is 11.6 Å². The summed E-state index contributed by atoms with van der Waals surface area (Å²) >= 11 is 0. The molecule has 2 N–H and O–H groups in total. The number of nitrogens with one attached hydrogen (secondary N) is 1. The van der Waals surface area contributed by atoms with E-state index in [1.54, 1.807) is 0 Å². The van der Waals surface area contributed by atoms with Gasteiger partial charge < -0.3 is 15.2 Å². The van der Waals surface area contributed by atoms with Gasteiger partial charge in [-0.15, -0.1) is 0 Å². The molecule has 0 aliphatic carbocycles. The van der Waals surface area contributed by atoms with Gasteiger partial charge in [0.05, 0.1) is 13.0 Å². The van der Waals surface area contributed by atoms with Crippen molar-refractivity contribution in [3.05, 3.63) is 29.3 Å². The maximum Gasteiger partial charge on any atom is 0.308 e. The van der Waals surface area contributed by atoms with Crippen molar-refractivity contribution < 1.29 is 23.4 Å². The number of carboxylic acid groups (broad SMARTS) is 1. The lowest BCUT2D eigenvalue weighted by molar-refractivity contribution is -0.142. The highest BCUT2D eigenvalue weighted by molar-refractivity contribution is 5.70. The second-order valence-electron chi connectivity index (χ2n) is 3.90. The van der Waals surface area contributed by atoms with Crippen LogP contribution >= 0.6 is 0 Å². The molecule has 1 rings (SSSR count). The standard InChI is InChI=1S/C12H15F2NO3/c1-6(12(16)17)11(15-2)7-4-9(14)10(18-3)5-8(7)13/h4-6,11,15H,1-3H3,(H,16,17). The SMILES string of the molecule is CNC(c1cc(F)c(OC)cc1F)C(C)C(=O)O. The largest absolute Gasteiger partial charge is 0.494 e. The predicted molar refractivity (Wildman–Crippen MR) is 61.5 cm³/mol. The van der Waals surface area contributed by atoms with Crippen molar-refractivity contribution >= 4 is 5.97 Å². The van der Waals surface area contributed by atoms with Gasteiger partial charge in [-0.25, -0.2) is 8.78 Å². The van der Waals surface area contributed by atoms with Crippen molar-refractivity contribution in [1.82, 2.24) is 5.32 Å². The number of hydrogen-bond acceptors (Lipinski definition) is 3. The number of methoxy groups -OCH3 is 1. The summed E-state index contributed by atoms with van der Waals surface area (Å²) in [5.74, 6) is -3.64. The Kier molecular flexibility index (Phi) is 4.61. The Morgan fingerprint density at radius 2 is 2.00 bits per heavy atom. The first-order valence-corrected chi connectivity index (χ1v) is 5.35. The van der Waals surface area contributed by atoms with Gasteiger partial charge in [-0.1, -0.05) is 6.92 Å². The van der Waals surface area contributed by atoms with Crippen LogP contribution in [0.1, 0.15) is 18.5 Å². The van der Waals surface area contributed by atoms with E-state index < -0.39 is 29.6 Å². The lowest BCUT2D eigenvalue weighted by Gasteiger charge is -2.21. The van der Waals surface area contributed by atoms with E-state index in [-0.39, 0.29) is 11.3 Å². The molecule has 2 atom stereocenters. The van der Waals surface area contributed by atoms with Crippen molar-refractivity contribution in [1.29, 1.82) is 0 Å². The predicted octanol–water partition coefficient (Wildman–Crippen LogP) is 1.95. The summed E-state index contributed by atoms with van der Waals surface area (Å²) in [6, 6.07) is 1.04. The number of halogens is 2. The third-order valence-corrected chi connectivity index (χ3v) is 2.81. The van der Waals surface area contributed by atoms with E-state index in [2.05, 4.69) is 10.1 Å². The molecule has 0 saturated carbocycles. The van der Waals surface area contributed by atoms with Gasteiger partial charge in [0.1, 0.15) is 5.82 Å². The first-order chi connectivity index (χ1) is 8.42. The third-order valence-electron chi connectivity index (χ3n) is 2.81. The van der Waals surface area contributed by atoms with Crippen LogP contribution in [0.25, 0.3) is 0 Å². The Morgan fingerprint density at radius 3 is 2.44 bits per heavy atom. The maximum absolute atomic E-state index is 13.8. The Hall–Kier alpha value is -1.69. The van der Waals surface area contributed by atoms with Crippen molar-refractivity contribution in [2.75, 3.05) is 14.2 Å². The van der Waals surface area contributed by atoms with E-state index >= 15 is 0 Å². The molecule has 0 aliphatic heterocycles. The fourth-order valence-corrected chi connectivity index (χ4v) is 1.76. The summed E-state index contributed by atoms with van der Waals surface area (Å²) in [6.45, 7) is 1.42. The summed E-state index contributed by atoms with van der Waals surface area (Å²) < 4.78 is 32.0. The number of hydrogen-bond donors (Lipinski definition) is 2. The average molecular weight is 259 g/mol. The molecule has 1 aromatic rings. The van der Waals surface area contributed by atoms with Crippen molar-refractivity contribution in [3.8, 4) is 5.75 Å². The number of ether oxygens (including phenoxy) is 1. The van der Waals surface area contributed by atoms with E-state index in [4.69, 9.17) is 5.11 Å². The molecule has 0 aromatic heterocycles. The Morgan fingerprint density at radius 1 is 1.39 bits per heavy atom. The average Bonchev–Trinajstić information content (AvgIpc) is 2.33. The lowest BCUT2D eigenvalue weighted by Crippen LogP contribution is -2.29. The van der Waals surface area contributed by atoms with Crippen LogP contribution in [-0.2, 0) is 4.79 Å². The topological polar surface area (TPSA) is 58.6 Å². The minimum absolute atomic E-state index is 0.0364. The number of carboxylic acids is 1. The summed E-state index contributed by atoms with van der Waals surface area (Å²) in [6.07, 6.45) is 0. The molecule has 0 fully saturated rings. The molecular formula is C12H15F2NO3. The third kappa shape index (κ3) is 2.76. The Bertz CT molecular complexity index is 451. The molecule has 1 aromatic carbocycles. The molecule has 0 bridgehead atoms. The fraction of sp³-hybridized carbons (Fsp3) is 0.417. The van der Waals surface area contributed by atoms with Crippen molar-refractivity contribution in [3.63, 3.8) is 0 Å². The van der Waals surface area contributed by atoms with Gasteiger partial charge in [-0.05, 0) is 13.1 Å². The van der Waals surface area contributed by atoms with Crippen LogP contribution in [-0.4, -0.2) is 25.2 Å². The van der Waals surface area contributed by atoms with E-state index in [1.165, 1.54) is 21.1 Å². The fourth-order valence-electron chi connectivity index (χ4n) is 1.76. The second kappa shape index (κ2) is 5.77. The summed E-state index contributed by atoms with van der Waals surface area (Å²) in [5.41, 5.74) is -0.0364. The van der Waals surface area contributed by atoms with Crippen LogP contribution in [0.3, 0.4) is 0 Å². The smallest absolute Gasteiger partial charge is 0.308 e. The molecule has 0 amide bonds. The first-order valence-electron chi connectivity index (χ1n) is 5.35. The van der Waals surface area contributed by atoms with Crippen LogP contribution in [0.2, 0.25) is 0 Å². The number of rotatable bonds is 5. The molecule has 4 nitrogen and oxygen atoms in total. The Labute approximate surface area is 104 Å². The molecule has 0 heterocycles. The van der Waals surface area contributed by atoms with Gasteiger partial charge >= 0.3 is 5.97 Å². The summed E-state index contributed by atoms with van der Waals surface area (Å²) in [4.78, 5) is 10.9. The highest BCUT2D eigenvalue weighted by Gasteiger charge is 2.27. The number of carbonyl (C=O) groups is 1. The van der Waals surface area contributed by atoms with Crippen LogP contribution < -0.4 is 10.1 Å². The second-order valence-corrected chi connectivity index (χ2v) is 3.90. The van der Waals surface area contributed by atoms with Gasteiger partial charge in [-0.3, -0.25) is 4.79 Å². The molecule has 0 radical (unpaired) electrons. The Balaban J connectivity index is 3.22. The zero-order valence-corrected chi connectivity index (χ0v) is 10.3. The molecule has 0 aliphatic rings. The molecule has 100 valence electrons. The molecule has 0 saturated heterocycles. The number of benzene rings is 1. The monoisotopic (exact) mass is 259 g/mol. The van der Waals surface area contributed by atoms with Crippen LogP contribution in [0.5, 0.6) is 5.75 Å². The van der Waals surface area contributed by atoms with Gasteiger partial charge in [0.2, 0.25) is 0 Å². The molecule has 2 unspecified atom stereocenters. The minimum Gasteiger partial charge on any atom is -0.494 e. The normalized spacial score (nSPS) is 14.1. The quantitative estimate of drug-likeness (QED) is 0.848. The van der Waals surface area contributed by atoms with E-state index in [1.807, 2.05) is 0 Å². The van der Waals surface area contributed by atoms with Crippen LogP contribution in [0.15, 0.2) is 12.1 Å². The number of aliphatic carboxylic acids is 1. The van der Waals surface area contributed by atoms with Crippen molar-refractivity contribution in [2.45, 2.75) is 13.0 Å².